The Kier molecular flexibility index (Phi) is 3.16. The van der Waals surface area contributed by atoms with Crippen LogP contribution in [-0.4, -0.2) is 20.5 Å². The first-order valence-electron chi connectivity index (χ1n) is 4.99. The van der Waals surface area contributed by atoms with Gasteiger partial charge in [0.15, 0.2) is 0 Å². The van der Waals surface area contributed by atoms with E-state index in [1.165, 1.54) is 5.01 Å². The number of sulfonamides is 1. The lowest BCUT2D eigenvalue weighted by molar-refractivity contribution is 0.215. The maximum Gasteiger partial charge on any atom is 0.255 e. The molecule has 17 heavy (non-hydrogen) atoms. The van der Waals surface area contributed by atoms with Crippen LogP contribution in [0, 0.1) is 6.92 Å². The number of rotatable bonds is 0. The van der Waals surface area contributed by atoms with Gasteiger partial charge in [-0.3, -0.25) is 0 Å². The molecular weight excluding hydrogens is 283 g/mol. The Morgan fingerprint density at radius 1 is 1.41 bits per heavy atom. The van der Waals surface area contributed by atoms with Crippen LogP contribution >= 0.6 is 23.2 Å². The van der Waals surface area contributed by atoms with Gasteiger partial charge in [0, 0.05) is 13.1 Å². The molecule has 1 aromatic carbocycles. The van der Waals surface area contributed by atoms with Crippen molar-refractivity contribution in [3.8, 4) is 0 Å². The van der Waals surface area contributed by atoms with Crippen molar-refractivity contribution in [1.29, 1.82) is 0 Å². The predicted molar refractivity (Wildman–Crippen MR) is 67.7 cm³/mol. The van der Waals surface area contributed by atoms with Gasteiger partial charge in [-0.2, -0.15) is 0 Å². The van der Waals surface area contributed by atoms with E-state index < -0.39 is 10.0 Å². The van der Waals surface area contributed by atoms with Crippen molar-refractivity contribution < 1.29 is 8.42 Å². The number of fused-ring (bicyclic) bond motifs is 1. The summed E-state index contributed by atoms with van der Waals surface area (Å²) in [6, 6.07) is 1.59. The van der Waals surface area contributed by atoms with Gasteiger partial charge < -0.3 is 0 Å². The van der Waals surface area contributed by atoms with Crippen molar-refractivity contribution in [2.45, 2.75) is 24.8 Å². The van der Waals surface area contributed by atoms with E-state index in [2.05, 4.69) is 4.83 Å². The van der Waals surface area contributed by atoms with Crippen LogP contribution in [0.1, 0.15) is 24.1 Å². The Labute approximate surface area is 111 Å². The number of hydrogen-bond acceptors (Lipinski definition) is 3. The number of aryl methyl sites for hydroxylation is 1. The molecule has 0 amide bonds. The predicted octanol–water partition coefficient (Wildman–Crippen LogP) is 2.50. The smallest absolute Gasteiger partial charge is 0.226 e. The molecule has 0 spiro atoms. The zero-order valence-electron chi connectivity index (χ0n) is 9.58. The number of halogens is 2. The molecule has 1 heterocycles. The molecule has 0 saturated heterocycles. The number of benzene rings is 1. The molecule has 4 nitrogen and oxygen atoms in total. The summed E-state index contributed by atoms with van der Waals surface area (Å²) in [5.74, 6) is 0. The zero-order chi connectivity index (χ0) is 13.0. The second kappa shape index (κ2) is 4.10. The standard InChI is InChI=1S/C10H12Cl2N2O2S/c1-5-4-7(11)9(12)10-8(5)6(2)14(3)13-17(10,15)16/h4,6,13H,1-3H3. The normalized spacial score (nSPS) is 23.5. The van der Waals surface area contributed by atoms with Crippen LogP contribution in [0.15, 0.2) is 11.0 Å². The number of hydrogen-bond donors (Lipinski definition) is 1. The number of nitrogens with zero attached hydrogens (tertiary/aromatic N) is 1. The second-order valence-electron chi connectivity index (χ2n) is 4.11. The first kappa shape index (κ1) is 13.1. The summed E-state index contributed by atoms with van der Waals surface area (Å²) in [7, 11) is -1.97. The Bertz CT molecular complexity index is 586. The minimum atomic E-state index is -3.64. The quantitative estimate of drug-likeness (QED) is 0.800. The minimum Gasteiger partial charge on any atom is -0.226 e. The van der Waals surface area contributed by atoms with Crippen LogP contribution in [-0.2, 0) is 10.0 Å². The van der Waals surface area contributed by atoms with Gasteiger partial charge in [0.2, 0.25) is 0 Å². The van der Waals surface area contributed by atoms with Gasteiger partial charge in [0.25, 0.3) is 10.0 Å². The summed E-state index contributed by atoms with van der Waals surface area (Å²) in [5, 5.41) is 1.87. The minimum absolute atomic E-state index is 0.0831. The molecule has 1 unspecified atom stereocenters. The third-order valence-corrected chi connectivity index (χ3v) is 5.34. The Hall–Kier alpha value is -0.330. The molecule has 0 aliphatic carbocycles. The monoisotopic (exact) mass is 294 g/mol. The van der Waals surface area contributed by atoms with E-state index in [0.717, 1.165) is 5.56 Å². The van der Waals surface area contributed by atoms with Crippen molar-refractivity contribution in [2.24, 2.45) is 0 Å². The van der Waals surface area contributed by atoms with Crippen LogP contribution in [0.4, 0.5) is 0 Å². The van der Waals surface area contributed by atoms with E-state index in [1.807, 2.05) is 13.8 Å². The van der Waals surface area contributed by atoms with Gasteiger partial charge in [0.05, 0.1) is 10.0 Å². The third kappa shape index (κ3) is 1.96. The molecule has 0 radical (unpaired) electrons. The largest absolute Gasteiger partial charge is 0.255 e. The lowest BCUT2D eigenvalue weighted by Crippen LogP contribution is -2.45. The van der Waals surface area contributed by atoms with E-state index in [-0.39, 0.29) is 21.0 Å². The average Bonchev–Trinajstić information content (AvgIpc) is 2.19. The molecule has 1 aliphatic heterocycles. The molecule has 1 atom stereocenters. The highest BCUT2D eigenvalue weighted by molar-refractivity contribution is 7.89. The third-order valence-electron chi connectivity index (χ3n) is 2.95. The van der Waals surface area contributed by atoms with E-state index >= 15 is 0 Å². The summed E-state index contributed by atoms with van der Waals surface area (Å²) in [6.45, 7) is 3.73. The van der Waals surface area contributed by atoms with Crippen molar-refractivity contribution in [3.05, 3.63) is 27.2 Å². The van der Waals surface area contributed by atoms with Crippen molar-refractivity contribution in [3.63, 3.8) is 0 Å². The van der Waals surface area contributed by atoms with Crippen LogP contribution in [0.3, 0.4) is 0 Å². The summed E-state index contributed by atoms with van der Waals surface area (Å²) < 4.78 is 24.1. The molecule has 94 valence electrons. The Morgan fingerprint density at radius 2 is 2.00 bits per heavy atom. The zero-order valence-corrected chi connectivity index (χ0v) is 11.9. The fourth-order valence-corrected chi connectivity index (χ4v) is 4.40. The van der Waals surface area contributed by atoms with Crippen molar-refractivity contribution in [1.82, 2.24) is 9.84 Å². The molecule has 0 fully saturated rings. The highest BCUT2D eigenvalue weighted by atomic mass is 35.5. The number of nitrogens with one attached hydrogen (secondary N) is 1. The van der Waals surface area contributed by atoms with Gasteiger partial charge in [-0.25, -0.2) is 13.4 Å². The van der Waals surface area contributed by atoms with Crippen LogP contribution in [0.25, 0.3) is 0 Å². The maximum atomic E-state index is 12.1. The van der Waals surface area contributed by atoms with Gasteiger partial charge in [0.1, 0.15) is 4.90 Å². The second-order valence-corrected chi connectivity index (χ2v) is 6.50. The molecule has 0 saturated carbocycles. The first-order chi connectivity index (χ1) is 7.75. The first-order valence-corrected chi connectivity index (χ1v) is 7.23. The van der Waals surface area contributed by atoms with Crippen molar-refractivity contribution >= 4 is 33.2 Å². The summed E-state index contributed by atoms with van der Waals surface area (Å²) >= 11 is 11.9. The van der Waals surface area contributed by atoms with Crippen molar-refractivity contribution in [2.75, 3.05) is 7.05 Å². The molecule has 2 rings (SSSR count). The van der Waals surface area contributed by atoms with Gasteiger partial charge in [-0.15, -0.1) is 4.83 Å². The van der Waals surface area contributed by atoms with E-state index in [4.69, 9.17) is 23.2 Å². The van der Waals surface area contributed by atoms with E-state index in [0.29, 0.717) is 5.56 Å². The van der Waals surface area contributed by atoms with Gasteiger partial charge >= 0.3 is 0 Å². The number of hydrazine groups is 1. The van der Waals surface area contributed by atoms with E-state index in [1.54, 1.807) is 13.1 Å². The fourth-order valence-electron chi connectivity index (χ4n) is 2.03. The molecule has 7 heteroatoms. The van der Waals surface area contributed by atoms with Crippen LogP contribution < -0.4 is 4.83 Å². The highest BCUT2D eigenvalue weighted by Gasteiger charge is 2.35. The molecule has 1 aliphatic rings. The van der Waals surface area contributed by atoms with Gasteiger partial charge in [-0.1, -0.05) is 23.2 Å². The van der Waals surface area contributed by atoms with Crippen LogP contribution in [0.5, 0.6) is 0 Å². The topological polar surface area (TPSA) is 49.4 Å². The Balaban J connectivity index is 2.89. The lowest BCUT2D eigenvalue weighted by Gasteiger charge is -2.34. The van der Waals surface area contributed by atoms with Crippen LogP contribution in [0.2, 0.25) is 10.0 Å². The SMILES string of the molecule is Cc1cc(Cl)c(Cl)c2c1C(C)N(C)NS2(=O)=O. The molecule has 1 N–H and O–H groups in total. The van der Waals surface area contributed by atoms with E-state index in [9.17, 15) is 8.42 Å². The summed E-state index contributed by atoms with van der Waals surface area (Å²) in [5.41, 5.74) is 1.51. The molecule has 0 bridgehead atoms. The molecular formula is C10H12Cl2N2O2S. The summed E-state index contributed by atoms with van der Waals surface area (Å²) in [6.07, 6.45) is 0. The summed E-state index contributed by atoms with van der Waals surface area (Å²) in [4.78, 5) is 2.51. The fraction of sp³-hybridized carbons (Fsp3) is 0.400. The average molecular weight is 295 g/mol. The molecule has 0 aromatic heterocycles. The maximum absolute atomic E-state index is 12.1. The molecule has 1 aromatic rings. The lowest BCUT2D eigenvalue weighted by atomic mass is 10.0. The van der Waals surface area contributed by atoms with Gasteiger partial charge in [-0.05, 0) is 31.0 Å². The highest BCUT2D eigenvalue weighted by Crippen LogP contribution is 2.40. The Morgan fingerprint density at radius 3 is 2.59 bits per heavy atom.